The highest BCUT2D eigenvalue weighted by Gasteiger charge is 2.26. The summed E-state index contributed by atoms with van der Waals surface area (Å²) in [5, 5.41) is 7.19. The van der Waals surface area contributed by atoms with Crippen LogP contribution in [0.1, 0.15) is 22.7 Å². The van der Waals surface area contributed by atoms with Crippen LogP contribution in [0.5, 0.6) is 5.75 Å². The van der Waals surface area contributed by atoms with Gasteiger partial charge in [0.15, 0.2) is 0 Å². The number of piperazine rings is 1. The third kappa shape index (κ3) is 4.12. The maximum Gasteiger partial charge on any atom is 0.120 e. The molecule has 1 unspecified atom stereocenters. The van der Waals surface area contributed by atoms with Crippen LogP contribution in [-0.2, 0) is 6.61 Å². The number of rotatable bonds is 6. The van der Waals surface area contributed by atoms with E-state index in [2.05, 4.69) is 88.4 Å². The maximum atomic E-state index is 6.15. The second-order valence-electron chi connectivity index (χ2n) is 7.72. The fourth-order valence-corrected chi connectivity index (χ4v) is 5.23. The topological polar surface area (TPSA) is 24.5 Å². The van der Waals surface area contributed by atoms with Crippen LogP contribution in [0.25, 0.3) is 10.1 Å². The van der Waals surface area contributed by atoms with Gasteiger partial charge in [-0.1, -0.05) is 60.7 Å². The Balaban J connectivity index is 1.48. The summed E-state index contributed by atoms with van der Waals surface area (Å²) < 4.78 is 7.50. The van der Waals surface area contributed by atoms with E-state index >= 15 is 0 Å². The molecule has 0 saturated carbocycles. The lowest BCUT2D eigenvalue weighted by Crippen LogP contribution is -2.45. The van der Waals surface area contributed by atoms with Gasteiger partial charge in [-0.3, -0.25) is 4.90 Å². The Bertz CT molecular complexity index is 1100. The molecule has 0 aliphatic carbocycles. The molecule has 1 aromatic heterocycles. The minimum atomic E-state index is 0.239. The molecule has 1 fully saturated rings. The molecule has 2 heterocycles. The van der Waals surface area contributed by atoms with Crippen LogP contribution in [0, 0.1) is 0 Å². The molecule has 1 aliphatic rings. The van der Waals surface area contributed by atoms with E-state index in [4.69, 9.17) is 4.74 Å². The first-order valence-corrected chi connectivity index (χ1v) is 11.4. The lowest BCUT2D eigenvalue weighted by atomic mass is 9.95. The van der Waals surface area contributed by atoms with Crippen LogP contribution >= 0.6 is 11.3 Å². The highest BCUT2D eigenvalue weighted by Crippen LogP contribution is 2.38. The molecule has 4 heteroatoms. The van der Waals surface area contributed by atoms with E-state index in [1.807, 2.05) is 17.4 Å². The molecule has 30 heavy (non-hydrogen) atoms. The smallest absolute Gasteiger partial charge is 0.120 e. The van der Waals surface area contributed by atoms with Crippen LogP contribution in [0.3, 0.4) is 0 Å². The molecule has 1 N–H and O–H groups in total. The standard InChI is InChI=1S/C26H26N2OS/c1-2-7-20(8-3-1)18-29-22-10-6-9-21(17-22)26(28-15-13-27-14-16-28)24-19-30-25-12-5-4-11-23(24)25/h1-12,17,19,26-27H,13-16,18H2. The minimum absolute atomic E-state index is 0.239. The highest BCUT2D eigenvalue weighted by molar-refractivity contribution is 7.17. The number of fused-ring (bicyclic) bond motifs is 1. The minimum Gasteiger partial charge on any atom is -0.489 e. The van der Waals surface area contributed by atoms with Crippen molar-refractivity contribution >= 4 is 21.4 Å². The Hall–Kier alpha value is -2.66. The molecule has 4 aromatic rings. The molecule has 1 saturated heterocycles. The first-order chi connectivity index (χ1) is 14.9. The Morgan fingerprint density at radius 2 is 1.70 bits per heavy atom. The van der Waals surface area contributed by atoms with Crippen LogP contribution in [0.2, 0.25) is 0 Å². The number of nitrogens with zero attached hydrogens (tertiary/aromatic N) is 1. The van der Waals surface area contributed by atoms with Gasteiger partial charge >= 0.3 is 0 Å². The van der Waals surface area contributed by atoms with Crippen molar-refractivity contribution in [3.63, 3.8) is 0 Å². The van der Waals surface area contributed by atoms with Crippen LogP contribution < -0.4 is 10.1 Å². The predicted octanol–water partition coefficient (Wildman–Crippen LogP) is 5.47. The molecule has 1 atom stereocenters. The average Bonchev–Trinajstić information content (AvgIpc) is 3.24. The molecular weight excluding hydrogens is 388 g/mol. The van der Waals surface area contributed by atoms with E-state index in [0.29, 0.717) is 6.61 Å². The predicted molar refractivity (Wildman–Crippen MR) is 125 cm³/mol. The van der Waals surface area contributed by atoms with E-state index < -0.39 is 0 Å². The van der Waals surface area contributed by atoms with Gasteiger partial charge in [-0.15, -0.1) is 11.3 Å². The van der Waals surface area contributed by atoms with Crippen molar-refractivity contribution in [3.05, 3.63) is 101 Å². The maximum absolute atomic E-state index is 6.15. The Kier molecular flexibility index (Phi) is 5.80. The van der Waals surface area contributed by atoms with Crippen LogP contribution in [0.15, 0.2) is 84.2 Å². The number of hydrogen-bond acceptors (Lipinski definition) is 4. The lowest BCUT2D eigenvalue weighted by Gasteiger charge is -2.35. The Morgan fingerprint density at radius 1 is 0.900 bits per heavy atom. The lowest BCUT2D eigenvalue weighted by molar-refractivity contribution is 0.199. The summed E-state index contributed by atoms with van der Waals surface area (Å²) in [6.07, 6.45) is 0. The first kappa shape index (κ1) is 19.3. The van der Waals surface area contributed by atoms with Gasteiger partial charge in [-0.25, -0.2) is 0 Å². The number of nitrogens with one attached hydrogen (secondary N) is 1. The monoisotopic (exact) mass is 414 g/mol. The number of hydrogen-bond donors (Lipinski definition) is 1. The van der Waals surface area contributed by atoms with Crippen LogP contribution in [-0.4, -0.2) is 31.1 Å². The zero-order valence-electron chi connectivity index (χ0n) is 17.0. The van der Waals surface area contributed by atoms with E-state index in [-0.39, 0.29) is 6.04 Å². The summed E-state index contributed by atoms with van der Waals surface area (Å²) in [6.45, 7) is 4.74. The van der Waals surface area contributed by atoms with E-state index in [0.717, 1.165) is 31.9 Å². The summed E-state index contributed by atoms with van der Waals surface area (Å²) in [7, 11) is 0. The SMILES string of the molecule is c1ccc(COc2cccc(C(c3csc4ccccc34)N3CCNCC3)c2)cc1. The molecule has 0 amide bonds. The first-order valence-electron chi connectivity index (χ1n) is 10.6. The van der Waals surface area contributed by atoms with Gasteiger partial charge in [0.1, 0.15) is 12.4 Å². The molecular formula is C26H26N2OS. The zero-order valence-corrected chi connectivity index (χ0v) is 17.8. The molecule has 5 rings (SSSR count). The second-order valence-corrected chi connectivity index (χ2v) is 8.63. The van der Waals surface area contributed by atoms with Crippen molar-refractivity contribution in [1.29, 1.82) is 0 Å². The molecule has 1 aliphatic heterocycles. The Labute approximate surface area is 181 Å². The Morgan fingerprint density at radius 3 is 2.57 bits per heavy atom. The summed E-state index contributed by atoms with van der Waals surface area (Å²) in [4.78, 5) is 2.60. The molecule has 0 spiro atoms. The molecule has 152 valence electrons. The zero-order chi connectivity index (χ0) is 20.2. The van der Waals surface area contributed by atoms with Gasteiger partial charge in [0.05, 0.1) is 6.04 Å². The van der Waals surface area contributed by atoms with Crippen LogP contribution in [0.4, 0.5) is 0 Å². The molecule has 0 bridgehead atoms. The molecule has 3 aromatic carbocycles. The van der Waals surface area contributed by atoms with E-state index in [9.17, 15) is 0 Å². The van der Waals surface area contributed by atoms with Gasteiger partial charge in [-0.2, -0.15) is 0 Å². The fraction of sp³-hybridized carbons (Fsp3) is 0.231. The molecule has 0 radical (unpaired) electrons. The third-order valence-corrected chi connectivity index (χ3v) is 6.73. The second kappa shape index (κ2) is 9.00. The van der Waals surface area contributed by atoms with Crippen molar-refractivity contribution in [2.45, 2.75) is 12.6 Å². The number of benzene rings is 3. The highest BCUT2D eigenvalue weighted by atomic mass is 32.1. The number of thiophene rings is 1. The van der Waals surface area contributed by atoms with Gasteiger partial charge in [-0.05, 0) is 45.7 Å². The van der Waals surface area contributed by atoms with Crippen molar-refractivity contribution < 1.29 is 4.74 Å². The van der Waals surface area contributed by atoms with Crippen molar-refractivity contribution in [2.75, 3.05) is 26.2 Å². The summed E-state index contributed by atoms with van der Waals surface area (Å²) in [6, 6.07) is 28.0. The van der Waals surface area contributed by atoms with E-state index in [1.165, 1.54) is 26.8 Å². The average molecular weight is 415 g/mol. The largest absolute Gasteiger partial charge is 0.489 e. The summed E-state index contributed by atoms with van der Waals surface area (Å²) in [5.74, 6) is 0.927. The van der Waals surface area contributed by atoms with Crippen molar-refractivity contribution in [2.24, 2.45) is 0 Å². The van der Waals surface area contributed by atoms with Crippen molar-refractivity contribution in [3.8, 4) is 5.75 Å². The quantitative estimate of drug-likeness (QED) is 0.452. The van der Waals surface area contributed by atoms with Gasteiger partial charge in [0.2, 0.25) is 0 Å². The molecule has 3 nitrogen and oxygen atoms in total. The third-order valence-electron chi connectivity index (χ3n) is 5.74. The normalized spacial score (nSPS) is 15.9. The van der Waals surface area contributed by atoms with Gasteiger partial charge in [0.25, 0.3) is 0 Å². The summed E-state index contributed by atoms with van der Waals surface area (Å²) >= 11 is 1.84. The fourth-order valence-electron chi connectivity index (χ4n) is 4.25. The van der Waals surface area contributed by atoms with E-state index in [1.54, 1.807) is 0 Å². The van der Waals surface area contributed by atoms with Crippen molar-refractivity contribution in [1.82, 2.24) is 10.2 Å². The number of ether oxygens (including phenoxy) is 1. The van der Waals surface area contributed by atoms with Gasteiger partial charge < -0.3 is 10.1 Å². The summed E-state index contributed by atoms with van der Waals surface area (Å²) in [5.41, 5.74) is 3.88. The van der Waals surface area contributed by atoms with Gasteiger partial charge in [0, 0.05) is 30.9 Å².